The van der Waals surface area contributed by atoms with Crippen LogP contribution in [0.3, 0.4) is 0 Å². The Labute approximate surface area is 133 Å². The first-order valence-electron chi connectivity index (χ1n) is 6.83. The van der Waals surface area contributed by atoms with Gasteiger partial charge in [-0.15, -0.1) is 10.2 Å². The molecule has 0 amide bonds. The lowest BCUT2D eigenvalue weighted by Gasteiger charge is -2.09. The van der Waals surface area contributed by atoms with Crippen molar-refractivity contribution in [2.24, 2.45) is 7.05 Å². The minimum absolute atomic E-state index is 0.287. The lowest BCUT2D eigenvalue weighted by atomic mass is 10.2. The van der Waals surface area contributed by atoms with Crippen molar-refractivity contribution in [2.75, 3.05) is 7.11 Å². The zero-order valence-electron chi connectivity index (χ0n) is 13.1. The number of benzene rings is 1. The number of aryl methyl sites for hydroxylation is 1. The number of hydrogen-bond acceptors (Lipinski definition) is 6. The number of thioether (sulfide) groups is 1. The molecule has 2 aromatic rings. The maximum atomic E-state index is 11.5. The fraction of sp³-hybridized carbons (Fsp3) is 0.400. The average Bonchev–Trinajstić information content (AvgIpc) is 2.85. The van der Waals surface area contributed by atoms with Gasteiger partial charge in [-0.25, -0.2) is 0 Å². The molecule has 0 saturated carbocycles. The summed E-state index contributed by atoms with van der Waals surface area (Å²) in [6, 6.07) is 7.82. The van der Waals surface area contributed by atoms with Crippen molar-refractivity contribution >= 4 is 17.7 Å². The number of ether oxygens (including phenoxy) is 2. The number of carbonyl (C=O) groups is 1. The maximum absolute atomic E-state index is 11.5. The smallest absolute Gasteiger partial charge is 0.318 e. The van der Waals surface area contributed by atoms with Gasteiger partial charge in [0.05, 0.1) is 7.11 Å². The topological polar surface area (TPSA) is 66.2 Å². The highest BCUT2D eigenvalue weighted by Gasteiger charge is 2.19. The molecule has 22 heavy (non-hydrogen) atoms. The maximum Gasteiger partial charge on any atom is 0.318 e. The van der Waals surface area contributed by atoms with E-state index in [1.54, 1.807) is 6.92 Å². The molecular weight excluding hydrogens is 302 g/mol. The minimum atomic E-state index is -0.335. The largest absolute Gasteiger partial charge is 0.486 e. The van der Waals surface area contributed by atoms with Crippen LogP contribution in [0, 0.1) is 6.92 Å². The van der Waals surface area contributed by atoms with Gasteiger partial charge in [-0.1, -0.05) is 23.9 Å². The molecule has 118 valence electrons. The van der Waals surface area contributed by atoms with E-state index in [-0.39, 0.29) is 11.2 Å². The van der Waals surface area contributed by atoms with E-state index in [2.05, 4.69) is 10.2 Å². The molecule has 0 aliphatic heterocycles. The molecule has 6 nitrogen and oxygen atoms in total. The standard InChI is InChI=1S/C15H19N3O3S/c1-10-6-5-7-12(8-10)21-9-13-16-17-15(18(13)3)22-11(2)14(19)20-4/h5-8,11H,9H2,1-4H3. The van der Waals surface area contributed by atoms with Crippen LogP contribution in [0.15, 0.2) is 29.4 Å². The van der Waals surface area contributed by atoms with E-state index < -0.39 is 0 Å². The highest BCUT2D eigenvalue weighted by Crippen LogP contribution is 2.22. The molecule has 0 bridgehead atoms. The Morgan fingerprint density at radius 3 is 2.86 bits per heavy atom. The van der Waals surface area contributed by atoms with Crippen LogP contribution in [0.1, 0.15) is 18.3 Å². The Bertz CT molecular complexity index is 657. The predicted molar refractivity (Wildman–Crippen MR) is 83.8 cm³/mol. The van der Waals surface area contributed by atoms with E-state index in [9.17, 15) is 4.79 Å². The SMILES string of the molecule is COC(=O)C(C)Sc1nnc(COc2cccc(C)c2)n1C. The summed E-state index contributed by atoms with van der Waals surface area (Å²) in [6.07, 6.45) is 0. The number of aromatic nitrogens is 3. The Morgan fingerprint density at radius 2 is 2.18 bits per heavy atom. The Hall–Kier alpha value is -2.02. The summed E-state index contributed by atoms with van der Waals surface area (Å²) >= 11 is 1.31. The fourth-order valence-corrected chi connectivity index (χ4v) is 2.66. The van der Waals surface area contributed by atoms with Crippen LogP contribution in [0.5, 0.6) is 5.75 Å². The number of rotatable bonds is 6. The number of nitrogens with zero attached hydrogens (tertiary/aromatic N) is 3. The summed E-state index contributed by atoms with van der Waals surface area (Å²) in [6.45, 7) is 4.10. The fourth-order valence-electron chi connectivity index (χ4n) is 1.80. The molecule has 0 spiro atoms. The second-order valence-electron chi connectivity index (χ2n) is 4.85. The molecular formula is C15H19N3O3S. The van der Waals surface area contributed by atoms with Crippen LogP contribution in [-0.2, 0) is 23.2 Å². The third-order valence-electron chi connectivity index (χ3n) is 3.10. The van der Waals surface area contributed by atoms with Gasteiger partial charge in [0.25, 0.3) is 0 Å². The van der Waals surface area contributed by atoms with Crippen LogP contribution in [-0.4, -0.2) is 33.1 Å². The van der Waals surface area contributed by atoms with Crippen molar-refractivity contribution in [3.63, 3.8) is 0 Å². The molecule has 1 atom stereocenters. The van der Waals surface area contributed by atoms with Crippen molar-refractivity contribution in [1.82, 2.24) is 14.8 Å². The van der Waals surface area contributed by atoms with Crippen LogP contribution in [0.4, 0.5) is 0 Å². The lowest BCUT2D eigenvalue weighted by molar-refractivity contribution is -0.139. The van der Waals surface area contributed by atoms with E-state index in [1.807, 2.05) is 42.8 Å². The van der Waals surface area contributed by atoms with E-state index in [0.29, 0.717) is 17.6 Å². The molecule has 0 aliphatic carbocycles. The van der Waals surface area contributed by atoms with E-state index >= 15 is 0 Å². The lowest BCUT2D eigenvalue weighted by Crippen LogP contribution is -2.15. The molecule has 0 fully saturated rings. The number of hydrogen-bond donors (Lipinski definition) is 0. The van der Waals surface area contributed by atoms with Crippen LogP contribution < -0.4 is 4.74 Å². The van der Waals surface area contributed by atoms with Crippen molar-refractivity contribution in [3.05, 3.63) is 35.7 Å². The van der Waals surface area contributed by atoms with Gasteiger partial charge in [0.1, 0.15) is 17.6 Å². The number of carbonyl (C=O) groups excluding carboxylic acids is 1. The van der Waals surface area contributed by atoms with E-state index in [1.165, 1.54) is 18.9 Å². The summed E-state index contributed by atoms with van der Waals surface area (Å²) < 4.78 is 12.2. The summed E-state index contributed by atoms with van der Waals surface area (Å²) in [4.78, 5) is 11.5. The molecule has 1 aromatic heterocycles. The van der Waals surface area contributed by atoms with Crippen LogP contribution in [0.25, 0.3) is 0 Å². The van der Waals surface area contributed by atoms with Gasteiger partial charge in [0, 0.05) is 7.05 Å². The second-order valence-corrected chi connectivity index (χ2v) is 6.15. The quantitative estimate of drug-likeness (QED) is 0.601. The Morgan fingerprint density at radius 1 is 1.41 bits per heavy atom. The summed E-state index contributed by atoms with van der Waals surface area (Å²) in [5.41, 5.74) is 1.14. The van der Waals surface area contributed by atoms with Gasteiger partial charge < -0.3 is 14.0 Å². The summed E-state index contributed by atoms with van der Waals surface area (Å²) in [5.74, 6) is 1.20. The molecule has 2 rings (SSSR count). The highest BCUT2D eigenvalue weighted by atomic mass is 32.2. The highest BCUT2D eigenvalue weighted by molar-refractivity contribution is 8.00. The first kappa shape index (κ1) is 16.4. The Balaban J connectivity index is 2.00. The molecule has 1 unspecified atom stereocenters. The molecule has 0 radical (unpaired) electrons. The van der Waals surface area contributed by atoms with Gasteiger partial charge >= 0.3 is 5.97 Å². The van der Waals surface area contributed by atoms with Crippen molar-refractivity contribution in [3.8, 4) is 5.75 Å². The molecule has 1 aromatic carbocycles. The average molecular weight is 321 g/mol. The molecule has 0 N–H and O–H groups in total. The summed E-state index contributed by atoms with van der Waals surface area (Å²) in [5, 5.41) is 8.52. The van der Waals surface area contributed by atoms with Gasteiger partial charge in [-0.05, 0) is 31.5 Å². The minimum Gasteiger partial charge on any atom is -0.486 e. The van der Waals surface area contributed by atoms with Crippen molar-refractivity contribution in [2.45, 2.75) is 30.9 Å². The summed E-state index contributed by atoms with van der Waals surface area (Å²) in [7, 11) is 3.22. The zero-order chi connectivity index (χ0) is 16.1. The molecule has 7 heteroatoms. The third-order valence-corrected chi connectivity index (χ3v) is 4.21. The second kappa shape index (κ2) is 7.31. The first-order valence-corrected chi connectivity index (χ1v) is 7.71. The van der Waals surface area contributed by atoms with Crippen molar-refractivity contribution in [1.29, 1.82) is 0 Å². The normalized spacial score (nSPS) is 12.0. The molecule has 0 saturated heterocycles. The zero-order valence-corrected chi connectivity index (χ0v) is 13.9. The third kappa shape index (κ3) is 4.00. The van der Waals surface area contributed by atoms with Crippen LogP contribution >= 0.6 is 11.8 Å². The molecule has 0 aliphatic rings. The number of esters is 1. The monoisotopic (exact) mass is 321 g/mol. The van der Waals surface area contributed by atoms with E-state index in [0.717, 1.165) is 11.3 Å². The van der Waals surface area contributed by atoms with Crippen LogP contribution in [0.2, 0.25) is 0 Å². The Kier molecular flexibility index (Phi) is 5.43. The number of methoxy groups -OCH3 is 1. The molecule has 1 heterocycles. The predicted octanol–water partition coefficient (Wildman–Crippen LogP) is 2.36. The first-order chi connectivity index (χ1) is 10.5. The van der Waals surface area contributed by atoms with Gasteiger partial charge in [-0.2, -0.15) is 0 Å². The van der Waals surface area contributed by atoms with Gasteiger partial charge in [-0.3, -0.25) is 4.79 Å². The van der Waals surface area contributed by atoms with Gasteiger partial charge in [0.15, 0.2) is 11.0 Å². The van der Waals surface area contributed by atoms with E-state index in [4.69, 9.17) is 9.47 Å². The van der Waals surface area contributed by atoms with Crippen molar-refractivity contribution < 1.29 is 14.3 Å². The van der Waals surface area contributed by atoms with Gasteiger partial charge in [0.2, 0.25) is 0 Å².